The van der Waals surface area contributed by atoms with E-state index in [9.17, 15) is 0 Å². The molecular weight excluding hydrogens is 136 g/mol. The fourth-order valence-corrected chi connectivity index (χ4v) is 2.33. The lowest BCUT2D eigenvalue weighted by atomic mass is 9.60. The molecule has 62 valence electrons. The molecule has 2 nitrogen and oxygen atoms in total. The number of hydrogen-bond donors (Lipinski definition) is 2. The van der Waals surface area contributed by atoms with E-state index in [1.54, 1.807) is 0 Å². The molecule has 0 unspecified atom stereocenters. The van der Waals surface area contributed by atoms with E-state index in [0.29, 0.717) is 0 Å². The maximum atomic E-state index is 6.14. The molecule has 0 aliphatic heterocycles. The summed E-state index contributed by atoms with van der Waals surface area (Å²) >= 11 is 0. The van der Waals surface area contributed by atoms with Gasteiger partial charge in [0.1, 0.15) is 0 Å². The van der Waals surface area contributed by atoms with Crippen LogP contribution < -0.4 is 11.5 Å². The Labute approximate surface area is 67.6 Å². The summed E-state index contributed by atoms with van der Waals surface area (Å²) in [5, 5.41) is 0. The maximum absolute atomic E-state index is 6.14. The lowest BCUT2D eigenvalue weighted by molar-refractivity contribution is 0.170. The highest BCUT2D eigenvalue weighted by molar-refractivity contribution is 5.27. The van der Waals surface area contributed by atoms with Gasteiger partial charge in [0.2, 0.25) is 0 Å². The molecule has 3 fully saturated rings. The molecule has 2 heteroatoms. The van der Waals surface area contributed by atoms with Gasteiger partial charge in [-0.1, -0.05) is 12.2 Å². The molecule has 0 heterocycles. The van der Waals surface area contributed by atoms with Crippen molar-refractivity contribution in [2.75, 3.05) is 0 Å². The molecule has 0 amide bonds. The van der Waals surface area contributed by atoms with Gasteiger partial charge >= 0.3 is 0 Å². The minimum Gasteiger partial charge on any atom is -0.325 e. The Morgan fingerprint density at radius 2 is 1.64 bits per heavy atom. The lowest BCUT2D eigenvalue weighted by Crippen LogP contribution is -2.59. The SMILES string of the molecule is C=C1CC2(N)CCC1(N)CC2. The van der Waals surface area contributed by atoms with Crippen molar-refractivity contribution in [3.63, 3.8) is 0 Å². The number of hydrogen-bond acceptors (Lipinski definition) is 2. The Balaban J connectivity index is 2.29. The summed E-state index contributed by atoms with van der Waals surface area (Å²) in [6, 6.07) is 0. The number of fused-ring (bicyclic) bond motifs is 3. The summed E-state index contributed by atoms with van der Waals surface area (Å²) < 4.78 is 0. The highest BCUT2D eigenvalue weighted by Gasteiger charge is 2.46. The Morgan fingerprint density at radius 3 is 2.00 bits per heavy atom. The summed E-state index contributed by atoms with van der Waals surface area (Å²) in [6.07, 6.45) is 5.21. The van der Waals surface area contributed by atoms with Crippen LogP contribution in [0.5, 0.6) is 0 Å². The normalized spacial score (nSPS) is 49.8. The van der Waals surface area contributed by atoms with E-state index in [1.807, 2.05) is 0 Å². The van der Waals surface area contributed by atoms with Crippen molar-refractivity contribution in [2.24, 2.45) is 11.5 Å². The minimum atomic E-state index is -0.0544. The van der Waals surface area contributed by atoms with Crippen LogP contribution in [0.1, 0.15) is 32.1 Å². The van der Waals surface area contributed by atoms with E-state index in [0.717, 1.165) is 32.1 Å². The standard InChI is InChI=1S/C9H16N2/c1-7-6-8(10)2-4-9(7,11)5-3-8/h1-6,10-11H2. The highest BCUT2D eigenvalue weighted by atomic mass is 14.9. The monoisotopic (exact) mass is 152 g/mol. The van der Waals surface area contributed by atoms with Gasteiger partial charge < -0.3 is 11.5 Å². The smallest absolute Gasteiger partial charge is 0.0368 e. The van der Waals surface area contributed by atoms with Gasteiger partial charge in [-0.2, -0.15) is 0 Å². The van der Waals surface area contributed by atoms with E-state index >= 15 is 0 Å². The average Bonchev–Trinajstić information content (AvgIpc) is 1.94. The largest absolute Gasteiger partial charge is 0.325 e. The van der Waals surface area contributed by atoms with Crippen LogP contribution in [0.15, 0.2) is 12.2 Å². The van der Waals surface area contributed by atoms with Crippen LogP contribution in [0.4, 0.5) is 0 Å². The summed E-state index contributed by atoms with van der Waals surface area (Å²) in [4.78, 5) is 0. The Morgan fingerprint density at radius 1 is 1.09 bits per heavy atom. The third kappa shape index (κ3) is 0.932. The summed E-state index contributed by atoms with van der Waals surface area (Å²) in [5.74, 6) is 0. The van der Waals surface area contributed by atoms with Crippen molar-refractivity contribution in [1.82, 2.24) is 0 Å². The minimum absolute atomic E-state index is 0.0538. The third-order valence-electron chi connectivity index (χ3n) is 3.41. The fraction of sp³-hybridized carbons (Fsp3) is 0.778. The van der Waals surface area contributed by atoms with Crippen molar-refractivity contribution in [1.29, 1.82) is 0 Å². The average molecular weight is 152 g/mol. The zero-order chi connectivity index (χ0) is 8.11. The zero-order valence-corrected chi connectivity index (χ0v) is 6.90. The first-order valence-electron chi connectivity index (χ1n) is 4.30. The second-order valence-corrected chi connectivity index (χ2v) is 4.30. The van der Waals surface area contributed by atoms with Gasteiger partial charge in [0.15, 0.2) is 0 Å². The molecule has 0 radical (unpaired) electrons. The second kappa shape index (κ2) is 1.87. The van der Waals surface area contributed by atoms with Crippen molar-refractivity contribution in [3.05, 3.63) is 12.2 Å². The van der Waals surface area contributed by atoms with Crippen LogP contribution in [0.25, 0.3) is 0 Å². The summed E-state index contributed by atoms with van der Waals surface area (Å²) in [5.41, 5.74) is 13.5. The summed E-state index contributed by atoms with van der Waals surface area (Å²) in [7, 11) is 0. The molecule has 11 heavy (non-hydrogen) atoms. The first kappa shape index (κ1) is 7.32. The van der Waals surface area contributed by atoms with Gasteiger partial charge in [0, 0.05) is 11.1 Å². The van der Waals surface area contributed by atoms with Crippen molar-refractivity contribution in [3.8, 4) is 0 Å². The summed E-state index contributed by atoms with van der Waals surface area (Å²) in [6.45, 7) is 4.01. The number of rotatable bonds is 0. The van der Waals surface area contributed by atoms with Gasteiger partial charge in [0.25, 0.3) is 0 Å². The Bertz CT molecular complexity index is 200. The Hall–Kier alpha value is -0.340. The van der Waals surface area contributed by atoms with E-state index in [-0.39, 0.29) is 11.1 Å². The van der Waals surface area contributed by atoms with Crippen LogP contribution in [0, 0.1) is 0 Å². The molecule has 3 aliphatic rings. The first-order valence-corrected chi connectivity index (χ1v) is 4.30. The van der Waals surface area contributed by atoms with Crippen LogP contribution in [-0.4, -0.2) is 11.1 Å². The van der Waals surface area contributed by atoms with Crippen LogP contribution in [0.2, 0.25) is 0 Å². The third-order valence-corrected chi connectivity index (χ3v) is 3.41. The van der Waals surface area contributed by atoms with E-state index in [1.165, 1.54) is 5.57 Å². The molecular formula is C9H16N2. The van der Waals surface area contributed by atoms with Gasteiger partial charge in [-0.25, -0.2) is 0 Å². The van der Waals surface area contributed by atoms with Crippen molar-refractivity contribution < 1.29 is 0 Å². The lowest BCUT2D eigenvalue weighted by Gasteiger charge is -2.51. The molecule has 0 aromatic rings. The van der Waals surface area contributed by atoms with Gasteiger partial charge in [-0.05, 0) is 32.1 Å². The molecule has 2 bridgehead atoms. The van der Waals surface area contributed by atoms with Gasteiger partial charge in [0.05, 0.1) is 0 Å². The maximum Gasteiger partial charge on any atom is 0.0368 e. The molecule has 4 N–H and O–H groups in total. The first-order chi connectivity index (χ1) is 5.04. The van der Waals surface area contributed by atoms with Crippen LogP contribution in [0.3, 0.4) is 0 Å². The van der Waals surface area contributed by atoms with Crippen LogP contribution in [-0.2, 0) is 0 Å². The fourth-order valence-electron chi connectivity index (χ4n) is 2.33. The number of nitrogens with two attached hydrogens (primary N) is 2. The molecule has 0 spiro atoms. The molecule has 0 aromatic heterocycles. The zero-order valence-electron chi connectivity index (χ0n) is 6.90. The quantitative estimate of drug-likeness (QED) is 0.507. The van der Waals surface area contributed by atoms with E-state index in [2.05, 4.69) is 6.58 Å². The van der Waals surface area contributed by atoms with E-state index < -0.39 is 0 Å². The Kier molecular flexibility index (Phi) is 1.25. The molecule has 0 saturated heterocycles. The molecule has 0 atom stereocenters. The molecule has 3 rings (SSSR count). The molecule has 3 saturated carbocycles. The predicted octanol–water partition coefficient (Wildman–Crippen LogP) is 0.915. The predicted molar refractivity (Wildman–Crippen MR) is 46.1 cm³/mol. The van der Waals surface area contributed by atoms with Crippen LogP contribution >= 0.6 is 0 Å². The topological polar surface area (TPSA) is 52.0 Å². The van der Waals surface area contributed by atoms with Gasteiger partial charge in [-0.15, -0.1) is 0 Å². The molecule has 0 aromatic carbocycles. The second-order valence-electron chi connectivity index (χ2n) is 4.30. The van der Waals surface area contributed by atoms with Gasteiger partial charge in [-0.3, -0.25) is 0 Å². The highest BCUT2D eigenvalue weighted by Crippen LogP contribution is 2.46. The van der Waals surface area contributed by atoms with Crippen molar-refractivity contribution in [2.45, 2.75) is 43.2 Å². The molecule has 3 aliphatic carbocycles. The van der Waals surface area contributed by atoms with Crippen molar-refractivity contribution >= 4 is 0 Å². The van der Waals surface area contributed by atoms with E-state index in [4.69, 9.17) is 11.5 Å².